The predicted octanol–water partition coefficient (Wildman–Crippen LogP) is 5.32. The van der Waals surface area contributed by atoms with Crippen LogP contribution in [-0.4, -0.2) is 52.4 Å². The number of aliphatic carboxylic acids is 1. The quantitative estimate of drug-likeness (QED) is 0.240. The molecule has 0 bridgehead atoms. The smallest absolute Gasteiger partial charge is 0.490 e. The molecule has 0 fully saturated rings. The molecule has 12 heteroatoms. The first-order valence-corrected chi connectivity index (χ1v) is 10.4. The van der Waals surface area contributed by atoms with Crippen molar-refractivity contribution in [2.45, 2.75) is 6.18 Å². The van der Waals surface area contributed by atoms with Crippen LogP contribution in [0.25, 0.3) is 33.4 Å². The topological polar surface area (TPSA) is 100 Å². The molecule has 3 aromatic heterocycles. The summed E-state index contributed by atoms with van der Waals surface area (Å²) in [7, 11) is 1.87. The Morgan fingerprint density at radius 1 is 1.23 bits per heavy atom. The number of ether oxygens (including phenoxy) is 1. The third-order valence-electron chi connectivity index (χ3n) is 4.67. The summed E-state index contributed by atoms with van der Waals surface area (Å²) < 4.78 is 51.4. The van der Waals surface area contributed by atoms with Crippen molar-refractivity contribution in [3.8, 4) is 28.1 Å². The van der Waals surface area contributed by atoms with Gasteiger partial charge in [0.25, 0.3) is 0 Å². The molecule has 0 amide bonds. The lowest BCUT2D eigenvalue weighted by Crippen LogP contribution is -2.21. The number of hydrogen-bond acceptors (Lipinski definition) is 5. The van der Waals surface area contributed by atoms with Crippen LogP contribution < -0.4 is 10.1 Å². The van der Waals surface area contributed by atoms with Gasteiger partial charge >= 0.3 is 12.1 Å². The number of nitrogens with one attached hydrogen (secondary N) is 2. The fraction of sp³-hybridized carbons (Fsp3) is 0.174. The molecule has 4 aromatic rings. The van der Waals surface area contributed by atoms with Crippen LogP contribution >= 0.6 is 11.6 Å². The van der Waals surface area contributed by atoms with E-state index in [-0.39, 0.29) is 5.02 Å². The van der Waals surface area contributed by atoms with Crippen molar-refractivity contribution in [1.29, 1.82) is 0 Å². The number of aromatic nitrogens is 3. The van der Waals surface area contributed by atoms with Crippen molar-refractivity contribution >= 4 is 28.6 Å². The van der Waals surface area contributed by atoms with Crippen LogP contribution in [-0.2, 0) is 4.79 Å². The Morgan fingerprint density at radius 3 is 2.63 bits per heavy atom. The van der Waals surface area contributed by atoms with Gasteiger partial charge in [0.15, 0.2) is 0 Å². The summed E-state index contributed by atoms with van der Waals surface area (Å²) in [6.45, 7) is 1.22. The second kappa shape index (κ2) is 11.2. The number of halogens is 5. The van der Waals surface area contributed by atoms with Crippen LogP contribution in [0.5, 0.6) is 5.75 Å². The van der Waals surface area contributed by atoms with Gasteiger partial charge in [0, 0.05) is 30.1 Å². The van der Waals surface area contributed by atoms with Crippen LogP contribution in [0.1, 0.15) is 0 Å². The molecular formula is C23H19ClF4N4O3. The monoisotopic (exact) mass is 510 g/mol. The molecule has 0 aliphatic carbocycles. The standard InChI is InChI=1S/C21H18ClFN4O.C2HF3O2/c1-24-9-10-28-18-12-25-8-6-14(18)20-19(13-4-5-16(23)15(22)11-13)21-17(27-20)3-2-7-26-21;3-2(4,5)1(6)7/h2-8,11-12,24,27H,9-10H2,1H3;(H,6,7). The van der Waals surface area contributed by atoms with Crippen LogP contribution in [0.15, 0.2) is 55.0 Å². The highest BCUT2D eigenvalue weighted by molar-refractivity contribution is 6.31. The van der Waals surface area contributed by atoms with Crippen molar-refractivity contribution < 1.29 is 32.2 Å². The molecule has 0 spiro atoms. The Balaban J connectivity index is 0.000000429. The molecule has 1 aromatic carbocycles. The van der Waals surface area contributed by atoms with Gasteiger partial charge in [-0.3, -0.25) is 9.97 Å². The Morgan fingerprint density at radius 2 is 1.97 bits per heavy atom. The molecular weight excluding hydrogens is 492 g/mol. The molecule has 7 nitrogen and oxygen atoms in total. The number of nitrogens with zero attached hydrogens (tertiary/aromatic N) is 2. The number of aromatic amines is 1. The molecule has 184 valence electrons. The van der Waals surface area contributed by atoms with Crippen molar-refractivity contribution in [1.82, 2.24) is 20.3 Å². The Hall–Kier alpha value is -3.70. The highest BCUT2D eigenvalue weighted by Gasteiger charge is 2.38. The SMILES string of the molecule is CNCCOc1cnccc1-c1[nH]c2cccnc2c1-c1ccc(F)c(Cl)c1.O=C(O)C(F)(F)F. The van der Waals surface area contributed by atoms with Gasteiger partial charge in [-0.15, -0.1) is 0 Å². The average Bonchev–Trinajstić information content (AvgIpc) is 3.20. The van der Waals surface area contributed by atoms with Crippen molar-refractivity contribution in [2.75, 3.05) is 20.2 Å². The minimum absolute atomic E-state index is 0.0638. The van der Waals surface area contributed by atoms with Crippen molar-refractivity contribution in [3.63, 3.8) is 0 Å². The number of fused-ring (bicyclic) bond motifs is 1. The summed E-state index contributed by atoms with van der Waals surface area (Å²) in [5.41, 5.74) is 4.91. The van der Waals surface area contributed by atoms with Crippen molar-refractivity contribution in [2.24, 2.45) is 0 Å². The zero-order chi connectivity index (χ0) is 25.6. The largest absolute Gasteiger partial charge is 0.490 e. The van der Waals surface area contributed by atoms with E-state index in [1.54, 1.807) is 30.7 Å². The summed E-state index contributed by atoms with van der Waals surface area (Å²) in [4.78, 5) is 21.0. The number of alkyl halides is 3. The summed E-state index contributed by atoms with van der Waals surface area (Å²) >= 11 is 6.05. The molecule has 0 atom stereocenters. The van der Waals surface area contributed by atoms with Gasteiger partial charge in [0.2, 0.25) is 0 Å². The third-order valence-corrected chi connectivity index (χ3v) is 4.96. The van der Waals surface area contributed by atoms with Gasteiger partial charge in [0.1, 0.15) is 18.2 Å². The summed E-state index contributed by atoms with van der Waals surface area (Å²) in [5, 5.41) is 10.2. The summed E-state index contributed by atoms with van der Waals surface area (Å²) in [6.07, 6.45) is 0.0391. The van der Waals surface area contributed by atoms with Crippen LogP contribution in [0.3, 0.4) is 0 Å². The highest BCUT2D eigenvalue weighted by atomic mass is 35.5. The van der Waals surface area contributed by atoms with E-state index in [2.05, 4.69) is 20.3 Å². The average molecular weight is 511 g/mol. The highest BCUT2D eigenvalue weighted by Crippen LogP contribution is 2.41. The maximum absolute atomic E-state index is 13.7. The maximum atomic E-state index is 13.7. The first-order chi connectivity index (χ1) is 16.6. The van der Waals surface area contributed by atoms with Gasteiger partial charge in [-0.05, 0) is 42.9 Å². The predicted molar refractivity (Wildman–Crippen MR) is 123 cm³/mol. The fourth-order valence-corrected chi connectivity index (χ4v) is 3.30. The Labute approximate surface area is 201 Å². The fourth-order valence-electron chi connectivity index (χ4n) is 3.12. The van der Waals surface area contributed by atoms with Crippen LogP contribution in [0.2, 0.25) is 5.02 Å². The van der Waals surface area contributed by atoms with Crippen LogP contribution in [0.4, 0.5) is 17.6 Å². The molecule has 0 aliphatic rings. The number of benzene rings is 1. The van der Waals surface area contributed by atoms with Crippen LogP contribution in [0, 0.1) is 5.82 Å². The number of rotatable bonds is 6. The minimum Gasteiger partial charge on any atom is -0.490 e. The first kappa shape index (κ1) is 25.9. The van der Waals surface area contributed by atoms with E-state index in [4.69, 9.17) is 26.2 Å². The molecule has 4 rings (SSSR count). The maximum Gasteiger partial charge on any atom is 0.490 e. The van der Waals surface area contributed by atoms with Gasteiger partial charge in [-0.2, -0.15) is 13.2 Å². The van der Waals surface area contributed by atoms with E-state index in [1.807, 2.05) is 25.2 Å². The van der Waals surface area contributed by atoms with Crippen molar-refractivity contribution in [3.05, 3.63) is 65.8 Å². The lowest BCUT2D eigenvalue weighted by atomic mass is 10.0. The summed E-state index contributed by atoms with van der Waals surface area (Å²) in [6, 6.07) is 10.4. The van der Waals surface area contributed by atoms with E-state index >= 15 is 0 Å². The number of H-pyrrole nitrogens is 1. The summed E-state index contributed by atoms with van der Waals surface area (Å²) in [5.74, 6) is -2.56. The molecule has 3 heterocycles. The number of likely N-dealkylation sites (N-methyl/N-ethyl adjacent to an activating group) is 1. The second-order valence-electron chi connectivity index (χ2n) is 7.03. The molecule has 3 N–H and O–H groups in total. The van der Waals surface area contributed by atoms with E-state index in [1.165, 1.54) is 6.07 Å². The zero-order valence-corrected chi connectivity index (χ0v) is 18.9. The van der Waals surface area contributed by atoms with Gasteiger partial charge in [-0.1, -0.05) is 17.7 Å². The van der Waals surface area contributed by atoms with E-state index < -0.39 is 18.0 Å². The molecule has 35 heavy (non-hydrogen) atoms. The van der Waals surface area contributed by atoms with E-state index in [9.17, 15) is 17.6 Å². The number of carbonyl (C=O) groups is 1. The molecule has 0 radical (unpaired) electrons. The number of pyridine rings is 2. The number of carboxylic acid groups (broad SMARTS) is 1. The van der Waals surface area contributed by atoms with E-state index in [0.717, 1.165) is 33.4 Å². The van der Waals surface area contributed by atoms with Gasteiger partial charge in [-0.25, -0.2) is 9.18 Å². The third kappa shape index (κ3) is 6.25. The molecule has 0 saturated heterocycles. The number of carboxylic acids is 1. The molecule has 0 aliphatic heterocycles. The lowest BCUT2D eigenvalue weighted by molar-refractivity contribution is -0.192. The van der Waals surface area contributed by atoms with E-state index in [0.29, 0.717) is 18.9 Å². The lowest BCUT2D eigenvalue weighted by Gasteiger charge is -2.12. The molecule has 0 unspecified atom stereocenters. The normalized spacial score (nSPS) is 11.1. The zero-order valence-electron chi connectivity index (χ0n) is 18.2. The Kier molecular flexibility index (Phi) is 8.26. The van der Waals surface area contributed by atoms with Gasteiger partial charge < -0.3 is 20.1 Å². The minimum atomic E-state index is -5.08. The van der Waals surface area contributed by atoms with Gasteiger partial charge in [0.05, 0.1) is 27.9 Å². The number of hydrogen-bond donors (Lipinski definition) is 3. The molecule has 0 saturated carbocycles. The first-order valence-electron chi connectivity index (χ1n) is 10.1. The Bertz CT molecular complexity index is 1330. The second-order valence-corrected chi connectivity index (χ2v) is 7.44.